The van der Waals surface area contributed by atoms with Crippen molar-refractivity contribution in [1.29, 1.82) is 0 Å². The highest BCUT2D eigenvalue weighted by molar-refractivity contribution is 5.98. The fraction of sp³-hybridized carbons (Fsp3) is 0.579. The van der Waals surface area contributed by atoms with Gasteiger partial charge in [0.05, 0.1) is 5.92 Å². The first kappa shape index (κ1) is 16.7. The van der Waals surface area contributed by atoms with Gasteiger partial charge in [-0.1, -0.05) is 44.0 Å². The number of benzene rings is 1. The molecular formula is C19H26O3. The maximum atomic E-state index is 12.5. The minimum Gasteiger partial charge on any atom is -0.481 e. The van der Waals surface area contributed by atoms with Gasteiger partial charge in [-0.05, 0) is 44.1 Å². The lowest BCUT2D eigenvalue weighted by atomic mass is 9.78. The van der Waals surface area contributed by atoms with Crippen LogP contribution in [0.25, 0.3) is 0 Å². The molecule has 0 atom stereocenters. The summed E-state index contributed by atoms with van der Waals surface area (Å²) in [5.74, 6) is -0.794. The SMILES string of the molecule is CCCCCc1ccc(C(=O)C2CCC(C(=O)O)CC2)cc1. The van der Waals surface area contributed by atoms with Crippen molar-refractivity contribution < 1.29 is 14.7 Å². The van der Waals surface area contributed by atoms with E-state index in [1.54, 1.807) is 0 Å². The van der Waals surface area contributed by atoms with Gasteiger partial charge in [-0.3, -0.25) is 9.59 Å². The van der Waals surface area contributed by atoms with E-state index in [0.29, 0.717) is 25.7 Å². The van der Waals surface area contributed by atoms with Crippen LogP contribution in [-0.4, -0.2) is 16.9 Å². The molecule has 0 bridgehead atoms. The summed E-state index contributed by atoms with van der Waals surface area (Å²) in [4.78, 5) is 23.5. The van der Waals surface area contributed by atoms with Crippen LogP contribution >= 0.6 is 0 Å². The van der Waals surface area contributed by atoms with E-state index in [9.17, 15) is 9.59 Å². The molecule has 1 N–H and O–H groups in total. The molecule has 0 aromatic heterocycles. The summed E-state index contributed by atoms with van der Waals surface area (Å²) in [6, 6.07) is 8.00. The molecule has 0 spiro atoms. The molecule has 0 radical (unpaired) electrons. The number of carbonyl (C=O) groups is 2. The largest absolute Gasteiger partial charge is 0.481 e. The second-order valence-electron chi connectivity index (χ2n) is 6.41. The van der Waals surface area contributed by atoms with E-state index >= 15 is 0 Å². The fourth-order valence-corrected chi connectivity index (χ4v) is 3.25. The van der Waals surface area contributed by atoms with Gasteiger partial charge in [0.1, 0.15) is 0 Å². The summed E-state index contributed by atoms with van der Waals surface area (Å²) in [7, 11) is 0. The van der Waals surface area contributed by atoms with Crippen molar-refractivity contribution in [2.75, 3.05) is 0 Å². The first-order valence-electron chi connectivity index (χ1n) is 8.47. The number of aliphatic carboxylic acids is 1. The number of carboxylic acids is 1. The van der Waals surface area contributed by atoms with E-state index < -0.39 is 5.97 Å². The number of carboxylic acid groups (broad SMARTS) is 1. The van der Waals surface area contributed by atoms with Crippen LogP contribution in [0.1, 0.15) is 67.8 Å². The number of hydrogen-bond acceptors (Lipinski definition) is 2. The molecule has 1 aliphatic carbocycles. The van der Waals surface area contributed by atoms with Crippen molar-refractivity contribution in [2.24, 2.45) is 11.8 Å². The Morgan fingerprint density at radius 1 is 1.00 bits per heavy atom. The summed E-state index contributed by atoms with van der Waals surface area (Å²) < 4.78 is 0. The number of Topliss-reactive ketones (excluding diaryl/α,β-unsaturated/α-hetero) is 1. The number of hydrogen-bond donors (Lipinski definition) is 1. The van der Waals surface area contributed by atoms with Crippen LogP contribution in [0.3, 0.4) is 0 Å². The Balaban J connectivity index is 1.89. The smallest absolute Gasteiger partial charge is 0.306 e. The summed E-state index contributed by atoms with van der Waals surface area (Å²) in [6.45, 7) is 2.20. The number of ketones is 1. The topological polar surface area (TPSA) is 54.4 Å². The first-order valence-corrected chi connectivity index (χ1v) is 8.47. The van der Waals surface area contributed by atoms with E-state index in [-0.39, 0.29) is 17.6 Å². The van der Waals surface area contributed by atoms with Gasteiger partial charge in [0.2, 0.25) is 0 Å². The van der Waals surface area contributed by atoms with Crippen molar-refractivity contribution in [1.82, 2.24) is 0 Å². The molecule has 0 unspecified atom stereocenters. The van der Waals surface area contributed by atoms with Crippen molar-refractivity contribution >= 4 is 11.8 Å². The van der Waals surface area contributed by atoms with E-state index in [1.807, 2.05) is 12.1 Å². The van der Waals surface area contributed by atoms with E-state index in [2.05, 4.69) is 19.1 Å². The summed E-state index contributed by atoms with van der Waals surface area (Å²) >= 11 is 0. The Labute approximate surface area is 132 Å². The fourth-order valence-electron chi connectivity index (χ4n) is 3.25. The van der Waals surface area contributed by atoms with Gasteiger partial charge in [0.15, 0.2) is 5.78 Å². The molecule has 2 rings (SSSR count). The summed E-state index contributed by atoms with van der Waals surface area (Å²) in [6.07, 6.45) is 7.39. The van der Waals surface area contributed by atoms with Crippen molar-refractivity contribution in [3.05, 3.63) is 35.4 Å². The van der Waals surface area contributed by atoms with E-state index in [1.165, 1.54) is 24.8 Å². The second-order valence-corrected chi connectivity index (χ2v) is 6.41. The molecule has 22 heavy (non-hydrogen) atoms. The van der Waals surface area contributed by atoms with Crippen LogP contribution in [0.4, 0.5) is 0 Å². The lowest BCUT2D eigenvalue weighted by Crippen LogP contribution is -2.25. The van der Waals surface area contributed by atoms with Gasteiger partial charge in [-0.25, -0.2) is 0 Å². The van der Waals surface area contributed by atoms with Gasteiger partial charge < -0.3 is 5.11 Å². The Bertz CT molecular complexity index is 496. The summed E-state index contributed by atoms with van der Waals surface area (Å²) in [5, 5.41) is 9.01. The van der Waals surface area contributed by atoms with E-state index in [4.69, 9.17) is 5.11 Å². The predicted octanol–water partition coefficient (Wildman–Crippen LogP) is 4.49. The molecule has 1 saturated carbocycles. The van der Waals surface area contributed by atoms with E-state index in [0.717, 1.165) is 12.0 Å². The number of unbranched alkanes of at least 4 members (excludes halogenated alkanes) is 2. The Morgan fingerprint density at radius 2 is 1.59 bits per heavy atom. The molecule has 0 saturated heterocycles. The second kappa shape index (κ2) is 8.11. The number of aryl methyl sites for hydroxylation is 1. The van der Waals surface area contributed by atoms with Crippen LogP contribution in [-0.2, 0) is 11.2 Å². The highest BCUT2D eigenvalue weighted by atomic mass is 16.4. The van der Waals surface area contributed by atoms with Crippen molar-refractivity contribution in [2.45, 2.75) is 58.3 Å². The number of carbonyl (C=O) groups excluding carboxylic acids is 1. The Kier molecular flexibility index (Phi) is 6.17. The molecule has 1 aromatic rings. The Hall–Kier alpha value is -1.64. The monoisotopic (exact) mass is 302 g/mol. The van der Waals surface area contributed by atoms with Crippen LogP contribution in [0, 0.1) is 11.8 Å². The normalized spacial score (nSPS) is 21.5. The lowest BCUT2D eigenvalue weighted by Gasteiger charge is -2.25. The highest BCUT2D eigenvalue weighted by Gasteiger charge is 2.30. The van der Waals surface area contributed by atoms with Crippen LogP contribution in [0.15, 0.2) is 24.3 Å². The maximum absolute atomic E-state index is 12.5. The zero-order valence-electron chi connectivity index (χ0n) is 13.4. The first-order chi connectivity index (χ1) is 10.6. The highest BCUT2D eigenvalue weighted by Crippen LogP contribution is 2.31. The molecular weight excluding hydrogens is 276 g/mol. The third kappa shape index (κ3) is 4.43. The molecule has 3 nitrogen and oxygen atoms in total. The van der Waals surface area contributed by atoms with Crippen molar-refractivity contribution in [3.8, 4) is 0 Å². The average molecular weight is 302 g/mol. The molecule has 120 valence electrons. The molecule has 0 amide bonds. The average Bonchev–Trinajstić information content (AvgIpc) is 2.55. The standard InChI is InChI=1S/C19H26O3/c1-2-3-4-5-14-6-8-15(9-7-14)18(20)16-10-12-17(13-11-16)19(21)22/h6-9,16-17H,2-5,10-13H2,1H3,(H,21,22). The van der Waals surface area contributed by atoms with Crippen LogP contribution in [0.5, 0.6) is 0 Å². The molecule has 1 aliphatic rings. The van der Waals surface area contributed by atoms with Gasteiger partial charge in [0, 0.05) is 11.5 Å². The predicted molar refractivity (Wildman–Crippen MR) is 87.1 cm³/mol. The third-order valence-corrected chi connectivity index (χ3v) is 4.75. The minimum atomic E-state index is -0.720. The van der Waals surface area contributed by atoms with Crippen molar-refractivity contribution in [3.63, 3.8) is 0 Å². The zero-order valence-corrected chi connectivity index (χ0v) is 13.4. The van der Waals surface area contributed by atoms with Crippen LogP contribution < -0.4 is 0 Å². The minimum absolute atomic E-state index is 0.00143. The molecule has 0 aliphatic heterocycles. The van der Waals surface area contributed by atoms with Gasteiger partial charge in [-0.2, -0.15) is 0 Å². The molecule has 1 fully saturated rings. The Morgan fingerprint density at radius 3 is 2.14 bits per heavy atom. The molecule has 3 heteroatoms. The van der Waals surface area contributed by atoms with Gasteiger partial charge in [0.25, 0.3) is 0 Å². The third-order valence-electron chi connectivity index (χ3n) is 4.75. The molecule has 1 aromatic carbocycles. The van der Waals surface area contributed by atoms with Gasteiger partial charge in [-0.15, -0.1) is 0 Å². The lowest BCUT2D eigenvalue weighted by molar-refractivity contribution is -0.143. The summed E-state index contributed by atoms with van der Waals surface area (Å²) in [5.41, 5.74) is 2.07. The quantitative estimate of drug-likeness (QED) is 0.596. The maximum Gasteiger partial charge on any atom is 0.306 e. The number of rotatable bonds is 7. The molecule has 0 heterocycles. The van der Waals surface area contributed by atoms with Crippen LogP contribution in [0.2, 0.25) is 0 Å². The zero-order chi connectivity index (χ0) is 15.9. The van der Waals surface area contributed by atoms with Gasteiger partial charge >= 0.3 is 5.97 Å².